The first-order valence-electron chi connectivity index (χ1n) is 7.69. The Morgan fingerprint density at radius 3 is 2.73 bits per heavy atom. The Morgan fingerprint density at radius 2 is 1.95 bits per heavy atom. The molecule has 6 heteroatoms. The number of hydrogen-bond donors (Lipinski definition) is 1. The van der Waals surface area contributed by atoms with Crippen LogP contribution in [0.4, 0.5) is 5.69 Å². The molecule has 4 rings (SSSR count). The van der Waals surface area contributed by atoms with Gasteiger partial charge in [0.25, 0.3) is 0 Å². The number of fused-ring (bicyclic) bond motifs is 1. The lowest BCUT2D eigenvalue weighted by Crippen LogP contribution is -2.39. The lowest BCUT2D eigenvalue weighted by Gasteiger charge is -2.36. The van der Waals surface area contributed by atoms with Crippen molar-refractivity contribution in [1.82, 2.24) is 9.97 Å². The Morgan fingerprint density at radius 1 is 1.18 bits per heavy atom. The van der Waals surface area contributed by atoms with E-state index in [9.17, 15) is 0 Å². The van der Waals surface area contributed by atoms with Gasteiger partial charge in [-0.2, -0.15) is 0 Å². The van der Waals surface area contributed by atoms with Gasteiger partial charge in [0, 0.05) is 35.7 Å². The maximum Gasteiger partial charge on any atom is 0.168 e. The molecule has 5 nitrogen and oxygen atoms in total. The minimum Gasteiger partial charge on any atom is -0.380 e. The number of anilines is 1. The summed E-state index contributed by atoms with van der Waals surface area (Å²) in [4.78, 5) is 8.88. The molecule has 1 saturated carbocycles. The van der Waals surface area contributed by atoms with Gasteiger partial charge in [0.05, 0.1) is 24.4 Å². The standard InChI is InChI=1S/C16H18BrN3O2/c17-11-9-14-15(19-10-11)13(3-6-18-14)20-12-1-4-16(5-2-12)21-7-8-22-16/h3,6,9-10,12H,1-2,4-5,7-8H2,(H,18,20). The van der Waals surface area contributed by atoms with Gasteiger partial charge in [0.2, 0.25) is 0 Å². The second-order valence-electron chi connectivity index (χ2n) is 5.91. The Labute approximate surface area is 137 Å². The summed E-state index contributed by atoms with van der Waals surface area (Å²) in [5, 5.41) is 3.62. The van der Waals surface area contributed by atoms with Gasteiger partial charge in [-0.15, -0.1) is 0 Å². The number of nitrogens with zero attached hydrogens (tertiary/aromatic N) is 2. The molecule has 116 valence electrons. The highest BCUT2D eigenvalue weighted by Gasteiger charge is 2.40. The number of pyridine rings is 2. The Bertz CT molecular complexity index is 678. The van der Waals surface area contributed by atoms with E-state index in [-0.39, 0.29) is 5.79 Å². The van der Waals surface area contributed by atoms with Crippen LogP contribution >= 0.6 is 15.9 Å². The summed E-state index contributed by atoms with van der Waals surface area (Å²) in [6.45, 7) is 1.46. The predicted octanol–water partition coefficient (Wildman–Crippen LogP) is 3.49. The van der Waals surface area contributed by atoms with Crippen molar-refractivity contribution in [2.24, 2.45) is 0 Å². The van der Waals surface area contributed by atoms with Gasteiger partial charge in [-0.05, 0) is 40.9 Å². The van der Waals surface area contributed by atoms with Gasteiger partial charge in [-0.25, -0.2) is 0 Å². The molecule has 1 aliphatic carbocycles. The fourth-order valence-electron chi connectivity index (χ4n) is 3.33. The minimum atomic E-state index is -0.304. The third-order valence-electron chi connectivity index (χ3n) is 4.46. The molecule has 1 N–H and O–H groups in total. The lowest BCUT2D eigenvalue weighted by atomic mass is 9.90. The van der Waals surface area contributed by atoms with Crippen molar-refractivity contribution >= 4 is 32.7 Å². The predicted molar refractivity (Wildman–Crippen MR) is 87.8 cm³/mol. The number of ether oxygens (including phenoxy) is 2. The second-order valence-corrected chi connectivity index (χ2v) is 6.82. The van der Waals surface area contributed by atoms with Crippen molar-refractivity contribution in [3.8, 4) is 0 Å². The molecule has 1 aliphatic heterocycles. The van der Waals surface area contributed by atoms with Gasteiger partial charge < -0.3 is 14.8 Å². The molecule has 1 saturated heterocycles. The first kappa shape index (κ1) is 14.4. The van der Waals surface area contributed by atoms with Crippen LogP contribution in [0.5, 0.6) is 0 Å². The average molecular weight is 364 g/mol. The average Bonchev–Trinajstić information content (AvgIpc) is 2.98. The van der Waals surface area contributed by atoms with E-state index >= 15 is 0 Å². The lowest BCUT2D eigenvalue weighted by molar-refractivity contribution is -0.177. The largest absolute Gasteiger partial charge is 0.380 e. The molecule has 1 spiro atoms. The van der Waals surface area contributed by atoms with E-state index < -0.39 is 0 Å². The molecule has 2 aliphatic rings. The molecule has 22 heavy (non-hydrogen) atoms. The number of hydrogen-bond acceptors (Lipinski definition) is 5. The van der Waals surface area contributed by atoms with Crippen molar-refractivity contribution in [1.29, 1.82) is 0 Å². The van der Waals surface area contributed by atoms with Crippen LogP contribution < -0.4 is 5.32 Å². The van der Waals surface area contributed by atoms with E-state index in [0.29, 0.717) is 6.04 Å². The maximum absolute atomic E-state index is 5.79. The van der Waals surface area contributed by atoms with E-state index in [0.717, 1.165) is 60.1 Å². The number of rotatable bonds is 2. The topological polar surface area (TPSA) is 56.3 Å². The third-order valence-corrected chi connectivity index (χ3v) is 4.90. The van der Waals surface area contributed by atoms with E-state index in [1.165, 1.54) is 0 Å². The fourth-order valence-corrected chi connectivity index (χ4v) is 3.65. The zero-order valence-electron chi connectivity index (χ0n) is 12.2. The summed E-state index contributed by atoms with van der Waals surface area (Å²) >= 11 is 3.44. The summed E-state index contributed by atoms with van der Waals surface area (Å²) < 4.78 is 12.5. The highest BCUT2D eigenvalue weighted by molar-refractivity contribution is 9.10. The number of nitrogens with one attached hydrogen (secondary N) is 1. The maximum atomic E-state index is 5.79. The SMILES string of the molecule is Brc1cnc2c(NC3CCC4(CC3)OCCO4)ccnc2c1. The molecule has 0 radical (unpaired) electrons. The monoisotopic (exact) mass is 363 g/mol. The summed E-state index contributed by atoms with van der Waals surface area (Å²) in [5.74, 6) is -0.304. The number of aromatic nitrogens is 2. The zero-order valence-corrected chi connectivity index (χ0v) is 13.8. The highest BCUT2D eigenvalue weighted by Crippen LogP contribution is 2.37. The Balaban J connectivity index is 1.50. The Kier molecular flexibility index (Phi) is 3.76. The quantitative estimate of drug-likeness (QED) is 0.884. The van der Waals surface area contributed by atoms with Gasteiger partial charge in [0.1, 0.15) is 5.52 Å². The third kappa shape index (κ3) is 2.71. The van der Waals surface area contributed by atoms with Gasteiger partial charge in [-0.3, -0.25) is 9.97 Å². The van der Waals surface area contributed by atoms with Gasteiger partial charge >= 0.3 is 0 Å². The molecule has 2 aromatic heterocycles. The van der Waals surface area contributed by atoms with Crippen LogP contribution in [0.25, 0.3) is 11.0 Å². The zero-order chi connectivity index (χ0) is 15.0. The van der Waals surface area contributed by atoms with Crippen molar-refractivity contribution in [3.63, 3.8) is 0 Å². The van der Waals surface area contributed by atoms with E-state index in [1.807, 2.05) is 24.5 Å². The van der Waals surface area contributed by atoms with E-state index in [2.05, 4.69) is 31.2 Å². The molecule has 0 atom stereocenters. The van der Waals surface area contributed by atoms with Crippen molar-refractivity contribution in [2.45, 2.75) is 37.5 Å². The number of halogens is 1. The highest BCUT2D eigenvalue weighted by atomic mass is 79.9. The van der Waals surface area contributed by atoms with Crippen LogP contribution in [-0.4, -0.2) is 35.0 Å². The molecule has 0 unspecified atom stereocenters. The first-order valence-corrected chi connectivity index (χ1v) is 8.48. The fraction of sp³-hybridized carbons (Fsp3) is 0.500. The van der Waals surface area contributed by atoms with Crippen LogP contribution in [0, 0.1) is 0 Å². The minimum absolute atomic E-state index is 0.304. The molecule has 2 fully saturated rings. The molecule has 0 amide bonds. The summed E-state index contributed by atoms with van der Waals surface area (Å²) in [7, 11) is 0. The summed E-state index contributed by atoms with van der Waals surface area (Å²) in [5.41, 5.74) is 2.86. The van der Waals surface area contributed by atoms with Crippen molar-refractivity contribution in [3.05, 3.63) is 29.0 Å². The molecule has 0 bridgehead atoms. The van der Waals surface area contributed by atoms with Crippen molar-refractivity contribution < 1.29 is 9.47 Å². The van der Waals surface area contributed by atoms with Crippen LogP contribution in [-0.2, 0) is 9.47 Å². The van der Waals surface area contributed by atoms with Crippen LogP contribution in [0.1, 0.15) is 25.7 Å². The van der Waals surface area contributed by atoms with Crippen LogP contribution in [0.15, 0.2) is 29.0 Å². The van der Waals surface area contributed by atoms with E-state index in [1.54, 1.807) is 0 Å². The molecular formula is C16H18BrN3O2. The normalized spacial score (nSPS) is 21.5. The van der Waals surface area contributed by atoms with Gasteiger partial charge in [-0.1, -0.05) is 0 Å². The van der Waals surface area contributed by atoms with Crippen LogP contribution in [0.3, 0.4) is 0 Å². The van der Waals surface area contributed by atoms with E-state index in [4.69, 9.17) is 9.47 Å². The molecule has 2 aromatic rings. The molecule has 3 heterocycles. The van der Waals surface area contributed by atoms with Gasteiger partial charge in [0.15, 0.2) is 5.79 Å². The summed E-state index contributed by atoms with van der Waals surface area (Å²) in [6, 6.07) is 4.41. The Hall–Kier alpha value is -1.24. The second kappa shape index (κ2) is 5.76. The smallest absolute Gasteiger partial charge is 0.168 e. The first-order chi connectivity index (χ1) is 10.7. The summed E-state index contributed by atoms with van der Waals surface area (Å²) in [6.07, 6.45) is 7.62. The van der Waals surface area contributed by atoms with Crippen molar-refractivity contribution in [2.75, 3.05) is 18.5 Å². The molecule has 0 aromatic carbocycles. The molecular weight excluding hydrogens is 346 g/mol. The van der Waals surface area contributed by atoms with Crippen LogP contribution in [0.2, 0.25) is 0 Å².